The predicted molar refractivity (Wildman–Crippen MR) is 93.6 cm³/mol. The number of carbonyl (C=O) groups is 1. The SMILES string of the molecule is O=C(Nc1ccc(S)cc1F)c1cccn(-c2ccc(F)cc2)c1=O. The lowest BCUT2D eigenvalue weighted by atomic mass is 10.2. The molecule has 4 nitrogen and oxygen atoms in total. The molecule has 1 amide bonds. The number of amides is 1. The molecule has 0 saturated carbocycles. The van der Waals surface area contributed by atoms with E-state index in [1.807, 2.05) is 0 Å². The van der Waals surface area contributed by atoms with Gasteiger partial charge in [-0.1, -0.05) is 0 Å². The Hall–Kier alpha value is -2.93. The van der Waals surface area contributed by atoms with Crippen molar-refractivity contribution in [2.45, 2.75) is 4.90 Å². The topological polar surface area (TPSA) is 51.1 Å². The zero-order chi connectivity index (χ0) is 18.0. The molecule has 0 atom stereocenters. The van der Waals surface area contributed by atoms with Crippen molar-refractivity contribution in [3.63, 3.8) is 0 Å². The van der Waals surface area contributed by atoms with E-state index in [0.29, 0.717) is 10.6 Å². The van der Waals surface area contributed by atoms with Crippen LogP contribution in [-0.2, 0) is 0 Å². The molecule has 7 heteroatoms. The van der Waals surface area contributed by atoms with Crippen LogP contribution >= 0.6 is 12.6 Å². The molecule has 1 heterocycles. The maximum Gasteiger partial charge on any atom is 0.267 e. The van der Waals surface area contributed by atoms with Gasteiger partial charge < -0.3 is 5.32 Å². The van der Waals surface area contributed by atoms with Gasteiger partial charge in [0.15, 0.2) is 0 Å². The third kappa shape index (κ3) is 3.61. The van der Waals surface area contributed by atoms with Crippen molar-refractivity contribution in [2.75, 3.05) is 5.32 Å². The zero-order valence-corrected chi connectivity index (χ0v) is 13.6. The molecule has 0 saturated heterocycles. The van der Waals surface area contributed by atoms with Gasteiger partial charge in [0.05, 0.1) is 5.69 Å². The first kappa shape index (κ1) is 16.9. The Balaban J connectivity index is 1.95. The van der Waals surface area contributed by atoms with Gasteiger partial charge in [0.2, 0.25) is 0 Å². The van der Waals surface area contributed by atoms with Gasteiger partial charge in [-0.3, -0.25) is 14.2 Å². The number of hydrogen-bond donors (Lipinski definition) is 2. The number of halogens is 2. The molecular weight excluding hydrogens is 346 g/mol. The largest absolute Gasteiger partial charge is 0.319 e. The molecule has 3 rings (SSSR count). The smallest absolute Gasteiger partial charge is 0.267 e. The summed E-state index contributed by atoms with van der Waals surface area (Å²) in [7, 11) is 0. The van der Waals surface area contributed by atoms with Gasteiger partial charge >= 0.3 is 0 Å². The third-order valence-electron chi connectivity index (χ3n) is 3.50. The normalized spacial score (nSPS) is 10.5. The van der Waals surface area contributed by atoms with Crippen LogP contribution in [0.1, 0.15) is 10.4 Å². The van der Waals surface area contributed by atoms with E-state index in [1.165, 1.54) is 59.3 Å². The van der Waals surface area contributed by atoms with Crippen molar-refractivity contribution in [3.8, 4) is 5.69 Å². The minimum Gasteiger partial charge on any atom is -0.319 e. The molecule has 0 unspecified atom stereocenters. The molecule has 0 aliphatic heterocycles. The average molecular weight is 358 g/mol. The van der Waals surface area contributed by atoms with Gasteiger partial charge in [-0.2, -0.15) is 0 Å². The Bertz CT molecular complexity index is 1000. The molecule has 1 aromatic heterocycles. The van der Waals surface area contributed by atoms with Crippen LogP contribution in [0.25, 0.3) is 5.69 Å². The van der Waals surface area contributed by atoms with Crippen LogP contribution in [0.5, 0.6) is 0 Å². The van der Waals surface area contributed by atoms with Crippen LogP contribution in [0.4, 0.5) is 14.5 Å². The monoisotopic (exact) mass is 358 g/mol. The first-order valence-electron chi connectivity index (χ1n) is 7.23. The number of nitrogens with one attached hydrogen (secondary N) is 1. The number of hydrogen-bond acceptors (Lipinski definition) is 3. The molecule has 0 aliphatic rings. The van der Waals surface area contributed by atoms with Gasteiger partial charge in [-0.25, -0.2) is 8.78 Å². The van der Waals surface area contributed by atoms with E-state index in [4.69, 9.17) is 0 Å². The first-order chi connectivity index (χ1) is 12.0. The van der Waals surface area contributed by atoms with Gasteiger partial charge in [0, 0.05) is 16.8 Å². The molecule has 0 radical (unpaired) electrons. The summed E-state index contributed by atoms with van der Waals surface area (Å²) in [5, 5.41) is 2.36. The molecule has 0 spiro atoms. The second-order valence-corrected chi connectivity index (χ2v) is 5.71. The van der Waals surface area contributed by atoms with Crippen LogP contribution in [-0.4, -0.2) is 10.5 Å². The van der Waals surface area contributed by atoms with Gasteiger partial charge in [0.1, 0.15) is 17.2 Å². The fourth-order valence-corrected chi connectivity index (χ4v) is 2.45. The number of nitrogens with zero attached hydrogens (tertiary/aromatic N) is 1. The maximum absolute atomic E-state index is 13.8. The first-order valence-corrected chi connectivity index (χ1v) is 7.68. The number of anilines is 1. The van der Waals surface area contributed by atoms with E-state index in [-0.39, 0.29) is 11.3 Å². The maximum atomic E-state index is 13.8. The number of rotatable bonds is 3. The van der Waals surface area contributed by atoms with E-state index in [2.05, 4.69) is 17.9 Å². The summed E-state index contributed by atoms with van der Waals surface area (Å²) in [6.07, 6.45) is 1.46. The molecule has 2 aromatic carbocycles. The fourth-order valence-electron chi connectivity index (χ4n) is 2.27. The minimum absolute atomic E-state index is 0.0561. The Kier molecular flexibility index (Phi) is 4.67. The molecule has 1 N–H and O–H groups in total. The Morgan fingerprint density at radius 2 is 1.76 bits per heavy atom. The number of aromatic nitrogens is 1. The summed E-state index contributed by atoms with van der Waals surface area (Å²) in [6.45, 7) is 0. The highest BCUT2D eigenvalue weighted by atomic mass is 32.1. The van der Waals surface area contributed by atoms with Crippen LogP contribution in [0.15, 0.2) is 70.5 Å². The highest BCUT2D eigenvalue weighted by molar-refractivity contribution is 7.80. The Morgan fingerprint density at radius 3 is 2.44 bits per heavy atom. The van der Waals surface area contributed by atoms with E-state index in [9.17, 15) is 18.4 Å². The van der Waals surface area contributed by atoms with Crippen molar-refractivity contribution in [2.24, 2.45) is 0 Å². The molecule has 0 fully saturated rings. The Morgan fingerprint density at radius 1 is 1.04 bits per heavy atom. The van der Waals surface area contributed by atoms with Crippen molar-refractivity contribution >= 4 is 24.2 Å². The van der Waals surface area contributed by atoms with E-state index in [1.54, 1.807) is 0 Å². The second-order valence-electron chi connectivity index (χ2n) is 5.19. The van der Waals surface area contributed by atoms with E-state index >= 15 is 0 Å². The highest BCUT2D eigenvalue weighted by Gasteiger charge is 2.15. The summed E-state index contributed by atoms with van der Waals surface area (Å²) in [5.74, 6) is -1.84. The third-order valence-corrected chi connectivity index (χ3v) is 3.78. The molecule has 3 aromatic rings. The van der Waals surface area contributed by atoms with Crippen LogP contribution in [0, 0.1) is 11.6 Å². The van der Waals surface area contributed by atoms with E-state index < -0.39 is 23.1 Å². The lowest BCUT2D eigenvalue weighted by Gasteiger charge is -2.09. The van der Waals surface area contributed by atoms with Gasteiger partial charge in [-0.15, -0.1) is 12.6 Å². The van der Waals surface area contributed by atoms with Crippen molar-refractivity contribution in [1.29, 1.82) is 0 Å². The van der Waals surface area contributed by atoms with Crippen LogP contribution in [0.2, 0.25) is 0 Å². The molecule has 0 bridgehead atoms. The summed E-state index contributed by atoms with van der Waals surface area (Å²) in [4.78, 5) is 25.3. The van der Waals surface area contributed by atoms with Crippen molar-refractivity contribution in [3.05, 3.63) is 88.3 Å². The Labute approximate surface area is 147 Å². The molecule has 0 aliphatic carbocycles. The standard InChI is InChI=1S/C18H12F2N2O2S/c19-11-3-5-12(6-4-11)22-9-1-2-14(18(22)24)17(23)21-16-8-7-13(25)10-15(16)20/h1-10,25H,(H,21,23). The van der Waals surface area contributed by atoms with Crippen molar-refractivity contribution in [1.82, 2.24) is 4.57 Å². The number of carbonyl (C=O) groups excluding carboxylic acids is 1. The second kappa shape index (κ2) is 6.90. The summed E-state index contributed by atoms with van der Waals surface area (Å²) in [6, 6.07) is 12.1. The minimum atomic E-state index is -0.743. The van der Waals surface area contributed by atoms with Crippen LogP contribution in [0.3, 0.4) is 0 Å². The molecular formula is C18H12F2N2O2S. The zero-order valence-electron chi connectivity index (χ0n) is 12.7. The van der Waals surface area contributed by atoms with Crippen molar-refractivity contribution < 1.29 is 13.6 Å². The van der Waals surface area contributed by atoms with E-state index in [0.717, 1.165) is 6.07 Å². The molecule has 25 heavy (non-hydrogen) atoms. The lowest BCUT2D eigenvalue weighted by Crippen LogP contribution is -2.28. The number of benzene rings is 2. The summed E-state index contributed by atoms with van der Waals surface area (Å²) < 4.78 is 28.1. The number of pyridine rings is 1. The molecule has 126 valence electrons. The average Bonchev–Trinajstić information content (AvgIpc) is 2.58. The summed E-state index contributed by atoms with van der Waals surface area (Å²) in [5.41, 5.74) is -0.412. The van der Waals surface area contributed by atoms with Crippen LogP contribution < -0.4 is 10.9 Å². The quantitative estimate of drug-likeness (QED) is 0.702. The number of thiol groups is 1. The summed E-state index contributed by atoms with van der Waals surface area (Å²) >= 11 is 4.01. The predicted octanol–water partition coefficient (Wildman–Crippen LogP) is 3.66. The highest BCUT2D eigenvalue weighted by Crippen LogP contribution is 2.18. The lowest BCUT2D eigenvalue weighted by molar-refractivity contribution is 0.102. The fraction of sp³-hybridized carbons (Fsp3) is 0. The van der Waals surface area contributed by atoms with Gasteiger partial charge in [-0.05, 0) is 54.6 Å². The van der Waals surface area contributed by atoms with Gasteiger partial charge in [0.25, 0.3) is 11.5 Å².